The second-order valence-electron chi connectivity index (χ2n) is 7.00. The maximum absolute atomic E-state index is 13.4. The maximum atomic E-state index is 13.4. The van der Waals surface area contributed by atoms with Crippen molar-refractivity contribution in [1.29, 1.82) is 0 Å². The summed E-state index contributed by atoms with van der Waals surface area (Å²) in [6.07, 6.45) is 3.10. The second kappa shape index (κ2) is 7.57. The molecule has 0 spiro atoms. The molecule has 1 saturated heterocycles. The molecule has 0 radical (unpaired) electrons. The van der Waals surface area contributed by atoms with Gasteiger partial charge in [-0.25, -0.2) is 18.4 Å². The first kappa shape index (κ1) is 19.5. The third kappa shape index (κ3) is 3.63. The Balaban J connectivity index is 1.76. The normalized spacial score (nSPS) is 17.6. The highest BCUT2D eigenvalue weighted by Gasteiger charge is 2.38. The van der Waals surface area contributed by atoms with Gasteiger partial charge in [0.25, 0.3) is 0 Å². The molecule has 1 aromatic carbocycles. The number of hydrogen-bond acceptors (Lipinski definition) is 7. The van der Waals surface area contributed by atoms with Crippen LogP contribution in [0.25, 0.3) is 11.3 Å². The Morgan fingerprint density at radius 3 is 2.62 bits per heavy atom. The molecular weight excluding hydrogens is 392 g/mol. The third-order valence-corrected chi connectivity index (χ3v) is 6.94. The van der Waals surface area contributed by atoms with Crippen LogP contribution in [0.5, 0.6) is 5.75 Å². The number of sulfonamides is 1. The van der Waals surface area contributed by atoms with E-state index in [1.54, 1.807) is 50.6 Å². The molecule has 8 nitrogen and oxygen atoms in total. The minimum absolute atomic E-state index is 0.230. The van der Waals surface area contributed by atoms with E-state index in [0.29, 0.717) is 41.6 Å². The number of hydrogen-bond donors (Lipinski definition) is 0. The molecule has 1 unspecified atom stereocenters. The van der Waals surface area contributed by atoms with Gasteiger partial charge < -0.3 is 9.26 Å². The van der Waals surface area contributed by atoms with Crippen molar-refractivity contribution in [3.8, 4) is 17.1 Å². The van der Waals surface area contributed by atoms with Gasteiger partial charge in [0.1, 0.15) is 11.6 Å². The molecular formula is C20H22N4O4S. The molecule has 2 aromatic heterocycles. The lowest BCUT2D eigenvalue weighted by Crippen LogP contribution is -2.31. The molecule has 1 atom stereocenters. The first-order valence-electron chi connectivity index (χ1n) is 9.33. The summed E-state index contributed by atoms with van der Waals surface area (Å²) < 4.78 is 38.8. The van der Waals surface area contributed by atoms with Gasteiger partial charge in [0.15, 0.2) is 5.76 Å². The Morgan fingerprint density at radius 1 is 1.21 bits per heavy atom. The smallest absolute Gasteiger partial charge is 0.243 e. The monoisotopic (exact) mass is 414 g/mol. The zero-order valence-electron chi connectivity index (χ0n) is 16.5. The Morgan fingerprint density at radius 2 is 1.97 bits per heavy atom. The maximum Gasteiger partial charge on any atom is 0.243 e. The Hall–Kier alpha value is -2.78. The molecule has 3 heterocycles. The summed E-state index contributed by atoms with van der Waals surface area (Å²) in [4.78, 5) is 9.11. The van der Waals surface area contributed by atoms with E-state index in [1.807, 2.05) is 6.92 Å². The van der Waals surface area contributed by atoms with E-state index in [0.717, 1.165) is 12.1 Å². The Bertz CT molecular complexity index is 1130. The van der Waals surface area contributed by atoms with Crippen molar-refractivity contribution < 1.29 is 17.7 Å². The van der Waals surface area contributed by atoms with Gasteiger partial charge in [-0.05, 0) is 51.0 Å². The number of benzene rings is 1. The fourth-order valence-corrected chi connectivity index (χ4v) is 5.27. The van der Waals surface area contributed by atoms with Crippen molar-refractivity contribution in [3.05, 3.63) is 53.7 Å². The van der Waals surface area contributed by atoms with Crippen LogP contribution in [0.15, 0.2) is 45.9 Å². The van der Waals surface area contributed by atoms with Crippen molar-refractivity contribution in [2.45, 2.75) is 37.6 Å². The fraction of sp³-hybridized carbons (Fsp3) is 0.350. The molecule has 9 heteroatoms. The molecule has 0 saturated carbocycles. The van der Waals surface area contributed by atoms with E-state index < -0.39 is 16.1 Å². The SMILES string of the molecule is COc1ccc(S(=O)(=O)N2CCCC2c2nc(C)ncc2-c2cc(C)no2)cc1. The minimum Gasteiger partial charge on any atom is -0.497 e. The average Bonchev–Trinajstić information content (AvgIpc) is 3.37. The van der Waals surface area contributed by atoms with Crippen LogP contribution >= 0.6 is 0 Å². The van der Waals surface area contributed by atoms with E-state index in [9.17, 15) is 8.42 Å². The lowest BCUT2D eigenvalue weighted by atomic mass is 10.0. The van der Waals surface area contributed by atoms with E-state index in [1.165, 1.54) is 4.31 Å². The van der Waals surface area contributed by atoms with E-state index in [-0.39, 0.29) is 4.90 Å². The van der Waals surface area contributed by atoms with Gasteiger partial charge in [0, 0.05) is 18.8 Å². The average molecular weight is 414 g/mol. The first-order valence-corrected chi connectivity index (χ1v) is 10.8. The summed E-state index contributed by atoms with van der Waals surface area (Å²) in [7, 11) is -2.15. The zero-order chi connectivity index (χ0) is 20.6. The van der Waals surface area contributed by atoms with Crippen LogP contribution in [-0.2, 0) is 10.0 Å². The highest BCUT2D eigenvalue weighted by molar-refractivity contribution is 7.89. The fourth-order valence-electron chi connectivity index (χ4n) is 3.61. The van der Waals surface area contributed by atoms with Crippen molar-refractivity contribution in [3.63, 3.8) is 0 Å². The lowest BCUT2D eigenvalue weighted by Gasteiger charge is -2.25. The summed E-state index contributed by atoms with van der Waals surface area (Å²) >= 11 is 0. The topological polar surface area (TPSA) is 98.4 Å². The number of aryl methyl sites for hydroxylation is 2. The highest BCUT2D eigenvalue weighted by atomic mass is 32.2. The summed E-state index contributed by atoms with van der Waals surface area (Å²) in [5.41, 5.74) is 2.04. The first-order chi connectivity index (χ1) is 13.9. The predicted molar refractivity (Wildman–Crippen MR) is 106 cm³/mol. The summed E-state index contributed by atoms with van der Waals surface area (Å²) in [6, 6.07) is 7.83. The molecule has 1 aliphatic rings. The van der Waals surface area contributed by atoms with Gasteiger partial charge in [-0.1, -0.05) is 5.16 Å². The van der Waals surface area contributed by atoms with Crippen LogP contribution in [0.2, 0.25) is 0 Å². The quantitative estimate of drug-likeness (QED) is 0.632. The molecule has 0 amide bonds. The number of methoxy groups -OCH3 is 1. The van der Waals surface area contributed by atoms with Gasteiger partial charge in [-0.3, -0.25) is 0 Å². The number of ether oxygens (including phenoxy) is 1. The molecule has 152 valence electrons. The Labute approximate surface area is 169 Å². The van der Waals surface area contributed by atoms with Gasteiger partial charge in [0.2, 0.25) is 10.0 Å². The van der Waals surface area contributed by atoms with Crippen molar-refractivity contribution in [2.75, 3.05) is 13.7 Å². The van der Waals surface area contributed by atoms with Gasteiger partial charge in [-0.2, -0.15) is 4.31 Å². The molecule has 4 rings (SSSR count). The molecule has 0 aliphatic carbocycles. The number of nitrogens with zero attached hydrogens (tertiary/aromatic N) is 4. The van der Waals surface area contributed by atoms with Crippen LogP contribution in [0.1, 0.15) is 36.1 Å². The zero-order valence-corrected chi connectivity index (χ0v) is 17.3. The van der Waals surface area contributed by atoms with Crippen molar-refractivity contribution >= 4 is 10.0 Å². The second-order valence-corrected chi connectivity index (χ2v) is 8.89. The molecule has 0 N–H and O–H groups in total. The Kier molecular flexibility index (Phi) is 5.10. The van der Waals surface area contributed by atoms with Crippen molar-refractivity contribution in [2.24, 2.45) is 0 Å². The standard InChI is InChI=1S/C20H22N4O4S/c1-13-11-19(28-23-13)17-12-21-14(2)22-20(17)18-5-4-10-24(18)29(25,26)16-8-6-15(27-3)7-9-16/h6-9,11-12,18H,4-5,10H2,1-3H3. The predicted octanol–water partition coefficient (Wildman–Crippen LogP) is 3.28. The summed E-state index contributed by atoms with van der Waals surface area (Å²) in [5, 5.41) is 3.94. The van der Waals surface area contributed by atoms with Crippen LogP contribution in [-0.4, -0.2) is 41.5 Å². The number of aromatic nitrogens is 3. The van der Waals surface area contributed by atoms with Crippen LogP contribution in [0.3, 0.4) is 0 Å². The van der Waals surface area contributed by atoms with Gasteiger partial charge in [-0.15, -0.1) is 0 Å². The van der Waals surface area contributed by atoms with Crippen molar-refractivity contribution in [1.82, 2.24) is 19.4 Å². The van der Waals surface area contributed by atoms with E-state index >= 15 is 0 Å². The minimum atomic E-state index is -3.70. The number of rotatable bonds is 5. The van der Waals surface area contributed by atoms with E-state index in [2.05, 4.69) is 15.1 Å². The lowest BCUT2D eigenvalue weighted by molar-refractivity contribution is 0.387. The molecule has 29 heavy (non-hydrogen) atoms. The van der Waals surface area contributed by atoms with Gasteiger partial charge >= 0.3 is 0 Å². The molecule has 1 fully saturated rings. The molecule has 0 bridgehead atoms. The van der Waals surface area contributed by atoms with Crippen LogP contribution < -0.4 is 4.74 Å². The largest absolute Gasteiger partial charge is 0.497 e. The van der Waals surface area contributed by atoms with Crippen LogP contribution in [0, 0.1) is 13.8 Å². The van der Waals surface area contributed by atoms with Gasteiger partial charge in [0.05, 0.1) is 35.0 Å². The van der Waals surface area contributed by atoms with Crippen LogP contribution in [0.4, 0.5) is 0 Å². The third-order valence-electron chi connectivity index (χ3n) is 5.02. The molecule has 3 aromatic rings. The molecule has 1 aliphatic heterocycles. The highest BCUT2D eigenvalue weighted by Crippen LogP contribution is 2.39. The summed E-state index contributed by atoms with van der Waals surface area (Å²) in [5.74, 6) is 1.72. The summed E-state index contributed by atoms with van der Waals surface area (Å²) in [6.45, 7) is 4.05. The van der Waals surface area contributed by atoms with E-state index in [4.69, 9.17) is 9.26 Å².